The van der Waals surface area contributed by atoms with Crippen molar-refractivity contribution < 1.29 is 32.2 Å². The smallest absolute Gasteiger partial charge is 0.308 e. The number of cyclic esters (lactones) is 1. The van der Waals surface area contributed by atoms with E-state index in [9.17, 15) is 18.0 Å². The normalized spacial score (nSPS) is 22.4. The Kier molecular flexibility index (Phi) is 24.7. The molecule has 1 amide bonds. The molecule has 5 aliphatic heterocycles. The lowest BCUT2D eigenvalue weighted by molar-refractivity contribution is -0.140. The van der Waals surface area contributed by atoms with Gasteiger partial charge in [-0.1, -0.05) is 111 Å². The zero-order valence-corrected chi connectivity index (χ0v) is 37.3. The fourth-order valence-corrected chi connectivity index (χ4v) is 8.43. The van der Waals surface area contributed by atoms with Gasteiger partial charge in [0, 0.05) is 63.5 Å². The van der Waals surface area contributed by atoms with Crippen molar-refractivity contribution in [1.82, 2.24) is 9.88 Å². The summed E-state index contributed by atoms with van der Waals surface area (Å²) in [5, 5.41) is 0.760. The number of halogens is 1. The molecule has 3 aromatic rings. The second-order valence-electron chi connectivity index (χ2n) is 14.7. The van der Waals surface area contributed by atoms with E-state index >= 15 is 0 Å². The Morgan fingerprint density at radius 1 is 0.860 bits per heavy atom. The molecule has 5 aliphatic rings. The fourth-order valence-electron chi connectivity index (χ4n) is 5.51. The van der Waals surface area contributed by atoms with Gasteiger partial charge < -0.3 is 19.1 Å². The van der Waals surface area contributed by atoms with Gasteiger partial charge in [0.25, 0.3) is 5.24 Å². The standard InChI is InChI=1S/C14H13N.C6H6ClN.C5H10O2S.C5H8O2.2C5H10O.C4H7NOS/c1-15-14(12-8-4-2-5-9-12)13-10-6-3-7-11-13;1-5-2-3-6(7)8-4-5;1-5-2-3-8(6,7)4-5;1-4-2-3-7-5(4)6;1-5-2-3-6-4-5;1-5-3-2-4-6-5;1-5-2-3-7-4(5)6/h2-11H,1H3;2-4H,1H3;5H,2-4H2,1H3;4H,2-3H2,1H3;2*5H,2-4H2,1H3;2-3H2,1H3. The summed E-state index contributed by atoms with van der Waals surface area (Å²) in [5.41, 5.74) is 4.49. The van der Waals surface area contributed by atoms with Crippen LogP contribution in [0.3, 0.4) is 0 Å². The molecule has 4 atom stereocenters. The maximum Gasteiger partial charge on any atom is 0.308 e. The predicted molar refractivity (Wildman–Crippen MR) is 235 cm³/mol. The first-order valence-electron chi connectivity index (χ1n) is 19.8. The summed E-state index contributed by atoms with van der Waals surface area (Å²) in [7, 11) is 1.05. The third kappa shape index (κ3) is 22.4. The molecule has 0 N–H and O–H groups in total. The van der Waals surface area contributed by atoms with Crippen LogP contribution >= 0.6 is 23.4 Å². The highest BCUT2D eigenvalue weighted by atomic mass is 35.5. The number of aryl methyl sites for hydroxylation is 1. The third-order valence-electron chi connectivity index (χ3n) is 9.13. The number of carbonyl (C=O) groups is 2. The molecule has 2 aromatic carbocycles. The maximum absolute atomic E-state index is 10.6. The molecule has 8 rings (SSSR count). The number of hydrogen-bond acceptors (Lipinski definition) is 10. The van der Waals surface area contributed by atoms with Gasteiger partial charge in [-0.2, -0.15) is 0 Å². The van der Waals surface area contributed by atoms with Crippen molar-refractivity contribution in [2.45, 2.75) is 72.8 Å². The van der Waals surface area contributed by atoms with Crippen molar-refractivity contribution in [3.8, 4) is 0 Å². The SMILES string of the molecule is CC1CCCO1.CC1CCOC1.CC1CCOC1=O.CC1CCS(=O)(=O)C1.CN1CCSC1=O.CN=C(c1ccccc1)c1ccccc1.Cc1ccc(Cl)nc1. The molecule has 0 spiro atoms. The van der Waals surface area contributed by atoms with Gasteiger partial charge in [0.2, 0.25) is 0 Å². The maximum atomic E-state index is 10.6. The average Bonchev–Trinajstić information content (AvgIpc) is 4.07. The number of nitrogens with zero attached hydrogens (tertiary/aromatic N) is 3. The second-order valence-corrected chi connectivity index (χ2v) is 18.3. The molecule has 10 nitrogen and oxygen atoms in total. The Hall–Kier alpha value is -3.29. The number of thioether (sulfide) groups is 1. The Bertz CT molecular complexity index is 1590. The Morgan fingerprint density at radius 3 is 1.74 bits per heavy atom. The van der Waals surface area contributed by atoms with Gasteiger partial charge in [0.15, 0.2) is 9.84 Å². The van der Waals surface area contributed by atoms with Gasteiger partial charge in [-0.15, -0.1) is 0 Å². The first-order chi connectivity index (χ1) is 27.2. The van der Waals surface area contributed by atoms with E-state index in [4.69, 9.17) is 21.1 Å². The Morgan fingerprint density at radius 2 is 1.51 bits per heavy atom. The molecule has 0 aliphatic carbocycles. The number of esters is 1. The molecular weight excluding hydrogens is 782 g/mol. The van der Waals surface area contributed by atoms with Gasteiger partial charge in [-0.25, -0.2) is 13.4 Å². The molecule has 4 unspecified atom stereocenters. The average molecular weight is 847 g/mol. The summed E-state index contributed by atoms with van der Waals surface area (Å²) in [6, 6.07) is 24.2. The quantitative estimate of drug-likeness (QED) is 0.141. The van der Waals surface area contributed by atoms with E-state index in [0.717, 1.165) is 73.3 Å². The van der Waals surface area contributed by atoms with Crippen molar-refractivity contribution in [3.63, 3.8) is 0 Å². The number of hydrogen-bond donors (Lipinski definition) is 0. The van der Waals surface area contributed by atoms with E-state index in [0.29, 0.717) is 35.3 Å². The fraction of sp³-hybridized carbons (Fsp3) is 0.545. The lowest BCUT2D eigenvalue weighted by Crippen LogP contribution is -2.15. The molecule has 0 saturated carbocycles. The number of carbonyl (C=O) groups excluding carboxylic acids is 2. The molecule has 5 saturated heterocycles. The van der Waals surface area contributed by atoms with Crippen LogP contribution in [0.15, 0.2) is 84.0 Å². The number of amides is 1. The topological polar surface area (TPSA) is 124 Å². The number of pyridine rings is 1. The van der Waals surface area contributed by atoms with Crippen LogP contribution < -0.4 is 0 Å². The van der Waals surface area contributed by atoms with Gasteiger partial charge in [-0.3, -0.25) is 14.6 Å². The van der Waals surface area contributed by atoms with E-state index in [1.807, 2.05) is 77.3 Å². The zero-order chi connectivity index (χ0) is 42.1. The van der Waals surface area contributed by atoms with Crippen LogP contribution in [0.25, 0.3) is 0 Å². The molecule has 0 radical (unpaired) electrons. The van der Waals surface area contributed by atoms with Crippen molar-refractivity contribution >= 4 is 50.1 Å². The van der Waals surface area contributed by atoms with E-state index in [1.165, 1.54) is 31.0 Å². The summed E-state index contributed by atoms with van der Waals surface area (Å²) in [6.07, 6.45) is 7.84. The minimum Gasteiger partial charge on any atom is -0.465 e. The molecule has 0 bridgehead atoms. The number of aromatic nitrogens is 1. The highest BCUT2D eigenvalue weighted by Crippen LogP contribution is 2.17. The number of ether oxygens (including phenoxy) is 3. The van der Waals surface area contributed by atoms with Gasteiger partial charge in [0.05, 0.1) is 35.8 Å². The largest absolute Gasteiger partial charge is 0.465 e. The van der Waals surface area contributed by atoms with Crippen molar-refractivity contribution in [1.29, 1.82) is 0 Å². The van der Waals surface area contributed by atoms with E-state index in [-0.39, 0.29) is 17.1 Å². The second kappa shape index (κ2) is 28.2. The highest BCUT2D eigenvalue weighted by molar-refractivity contribution is 8.13. The lowest BCUT2D eigenvalue weighted by atomic mass is 10.0. The predicted octanol–water partition coefficient (Wildman–Crippen LogP) is 9.22. The van der Waals surface area contributed by atoms with Crippen LogP contribution in [-0.2, 0) is 28.8 Å². The van der Waals surface area contributed by atoms with Gasteiger partial charge >= 0.3 is 5.97 Å². The van der Waals surface area contributed by atoms with Gasteiger partial charge in [-0.05, 0) is 69.4 Å². The first kappa shape index (κ1) is 49.9. The summed E-state index contributed by atoms with van der Waals surface area (Å²) >= 11 is 6.89. The van der Waals surface area contributed by atoms with Crippen LogP contribution in [0.4, 0.5) is 4.79 Å². The lowest BCUT2D eigenvalue weighted by Gasteiger charge is -2.05. The van der Waals surface area contributed by atoms with E-state index in [1.54, 1.807) is 17.2 Å². The highest BCUT2D eigenvalue weighted by Gasteiger charge is 2.23. The van der Waals surface area contributed by atoms with Crippen molar-refractivity contribution in [2.75, 3.05) is 64.3 Å². The summed E-state index contributed by atoms with van der Waals surface area (Å²) < 4.78 is 36.1. The van der Waals surface area contributed by atoms with Crippen LogP contribution in [0.1, 0.15) is 76.5 Å². The molecule has 1 aromatic heterocycles. The molecular formula is C44H64ClN3O7S2. The molecule has 316 valence electrons. The van der Waals surface area contributed by atoms with E-state index < -0.39 is 9.84 Å². The van der Waals surface area contributed by atoms with Gasteiger partial charge in [0.1, 0.15) is 5.15 Å². The number of sulfone groups is 1. The summed E-state index contributed by atoms with van der Waals surface area (Å²) in [6.45, 7) is 14.7. The third-order valence-corrected chi connectivity index (χ3v) is 12.2. The molecule has 5 fully saturated rings. The minimum atomic E-state index is -2.60. The number of benzene rings is 2. The zero-order valence-electron chi connectivity index (χ0n) is 34.9. The Labute approximate surface area is 351 Å². The monoisotopic (exact) mass is 845 g/mol. The van der Waals surface area contributed by atoms with Crippen LogP contribution in [0, 0.1) is 24.7 Å². The van der Waals surface area contributed by atoms with Crippen LogP contribution in [0.2, 0.25) is 5.15 Å². The Balaban J connectivity index is 0.000000236. The summed E-state index contributed by atoms with van der Waals surface area (Å²) in [4.78, 5) is 30.7. The summed E-state index contributed by atoms with van der Waals surface area (Å²) in [5.74, 6) is 3.13. The number of rotatable bonds is 2. The minimum absolute atomic E-state index is 0.0417. The van der Waals surface area contributed by atoms with Crippen molar-refractivity contribution in [3.05, 3.63) is 101 Å². The van der Waals surface area contributed by atoms with E-state index in [2.05, 4.69) is 52.8 Å². The van der Waals surface area contributed by atoms with Crippen LogP contribution in [0.5, 0.6) is 0 Å². The first-order valence-corrected chi connectivity index (χ1v) is 23.0. The molecule has 6 heterocycles. The van der Waals surface area contributed by atoms with Crippen LogP contribution in [-0.4, -0.2) is 106 Å². The van der Waals surface area contributed by atoms with Crippen molar-refractivity contribution in [2.24, 2.45) is 22.7 Å². The molecule has 57 heavy (non-hydrogen) atoms. The number of aliphatic imine (C=N–C) groups is 1. The molecule has 13 heteroatoms.